The van der Waals surface area contributed by atoms with Crippen molar-refractivity contribution in [2.75, 3.05) is 0 Å². The predicted octanol–water partition coefficient (Wildman–Crippen LogP) is -4.78. The fourth-order valence-corrected chi connectivity index (χ4v) is 0. The Morgan fingerprint density at radius 1 is 0.500 bits per heavy atom. The third-order valence-corrected chi connectivity index (χ3v) is 0. The van der Waals surface area contributed by atoms with Crippen LogP contribution in [0.2, 0.25) is 0 Å². The molecule has 0 saturated carbocycles. The Kier molecular flexibility index (Phi) is 1850. The summed E-state index contributed by atoms with van der Waals surface area (Å²) in [5, 5.41) is 0. The summed E-state index contributed by atoms with van der Waals surface area (Å²) in [5.41, 5.74) is 0. The molecule has 0 rings (SSSR count). The van der Waals surface area contributed by atoms with E-state index in [0.717, 1.165) is 0 Å². The Balaban J connectivity index is 0. The van der Waals surface area contributed by atoms with Gasteiger partial charge in [-0.25, -0.2) is 0 Å². The van der Waals surface area contributed by atoms with Crippen LogP contribution in [0.3, 0.4) is 0 Å². The van der Waals surface area contributed by atoms with Gasteiger partial charge >= 0.3 is 37.7 Å². The molecule has 0 aromatic heterocycles. The van der Waals surface area contributed by atoms with Gasteiger partial charge in [0.25, 0.3) is 0 Å². The maximum absolute atomic E-state index is 0. The minimum atomic E-state index is 0. The molecule has 0 saturated heterocycles. The first-order valence-electron chi connectivity index (χ1n) is 0. The molecule has 0 bridgehead atoms. The summed E-state index contributed by atoms with van der Waals surface area (Å²) in [6.07, 6.45) is 0. The van der Waals surface area contributed by atoms with Crippen molar-refractivity contribution in [2.24, 2.45) is 0 Å². The standard InChI is InChI=1S/Ca.5ClH.2H3N/h;5*1H;2*1H3/q+2;;;;;;;/p-2. The summed E-state index contributed by atoms with van der Waals surface area (Å²) in [5.74, 6) is 0. The molecule has 0 aromatic carbocycles. The first-order valence-corrected chi connectivity index (χ1v) is 0. The van der Waals surface area contributed by atoms with Crippen LogP contribution in [0.25, 0.3) is 0 Å². The van der Waals surface area contributed by atoms with Crippen molar-refractivity contribution in [3.05, 3.63) is 0 Å². The SMILES string of the molecule is Cl.Cl.Cl.N.N.[Ca+2].[Cl-].[Cl-]. The molecule has 0 aliphatic heterocycles. The van der Waals surface area contributed by atoms with Gasteiger partial charge in [-0.15, -0.1) is 37.2 Å². The Morgan fingerprint density at radius 2 is 0.500 bits per heavy atom. The second kappa shape index (κ2) is 104. The summed E-state index contributed by atoms with van der Waals surface area (Å²) in [7, 11) is 0. The van der Waals surface area contributed by atoms with Gasteiger partial charge in [-0.2, -0.15) is 0 Å². The van der Waals surface area contributed by atoms with E-state index in [1.807, 2.05) is 0 Å². The molecule has 2 nitrogen and oxygen atoms in total. The molecular formula is H9CaCl5N2. The maximum atomic E-state index is 0. The minimum Gasteiger partial charge on any atom is -1.00 e. The van der Waals surface area contributed by atoms with Crippen LogP contribution in [0.1, 0.15) is 0 Å². The summed E-state index contributed by atoms with van der Waals surface area (Å²) in [6, 6.07) is 0. The van der Waals surface area contributed by atoms with Crippen molar-refractivity contribution in [3.8, 4) is 0 Å². The van der Waals surface area contributed by atoms with Crippen molar-refractivity contribution in [1.82, 2.24) is 12.3 Å². The van der Waals surface area contributed by atoms with Crippen molar-refractivity contribution in [3.63, 3.8) is 0 Å². The van der Waals surface area contributed by atoms with E-state index in [1.165, 1.54) is 0 Å². The first-order chi connectivity index (χ1) is 0. The molecule has 0 atom stereocenters. The second-order valence-electron chi connectivity index (χ2n) is 0. The van der Waals surface area contributed by atoms with Gasteiger partial charge in [0.15, 0.2) is 0 Å². The van der Waals surface area contributed by atoms with Crippen molar-refractivity contribution >= 4 is 75.0 Å². The van der Waals surface area contributed by atoms with Crippen LogP contribution in [-0.2, 0) is 0 Å². The van der Waals surface area contributed by atoms with E-state index < -0.39 is 0 Å². The fraction of sp³-hybridized carbons (Fsp3) is 0. The zero-order valence-electron chi connectivity index (χ0n) is 4.10. The summed E-state index contributed by atoms with van der Waals surface area (Å²) in [6.45, 7) is 0. The predicted molar refractivity (Wildman–Crippen MR) is 37.5 cm³/mol. The van der Waals surface area contributed by atoms with Gasteiger partial charge in [0.05, 0.1) is 0 Å². The average molecular weight is 254 g/mol. The summed E-state index contributed by atoms with van der Waals surface area (Å²) < 4.78 is 0. The summed E-state index contributed by atoms with van der Waals surface area (Å²) in [4.78, 5) is 0. The smallest absolute Gasteiger partial charge is 1.00 e. The topological polar surface area (TPSA) is 70.0 Å². The molecule has 0 spiro atoms. The molecule has 0 unspecified atom stereocenters. The molecule has 0 heterocycles. The van der Waals surface area contributed by atoms with Crippen LogP contribution in [0, 0.1) is 0 Å². The average Bonchev–Trinajstić information content (AvgIpc) is 0. The molecular weight excluding hydrogens is 245 g/mol. The molecule has 0 aromatic rings. The molecule has 0 radical (unpaired) electrons. The maximum Gasteiger partial charge on any atom is 2.00 e. The van der Waals surface area contributed by atoms with E-state index in [-0.39, 0.29) is 112 Å². The molecule has 0 aliphatic carbocycles. The van der Waals surface area contributed by atoms with E-state index in [4.69, 9.17) is 0 Å². The van der Waals surface area contributed by atoms with Crippen LogP contribution in [0.5, 0.6) is 0 Å². The van der Waals surface area contributed by atoms with Crippen LogP contribution >= 0.6 is 37.2 Å². The first kappa shape index (κ1) is 143. The zero-order chi connectivity index (χ0) is 0. The third-order valence-electron chi connectivity index (χ3n) is 0. The van der Waals surface area contributed by atoms with Crippen LogP contribution in [0.15, 0.2) is 0 Å². The van der Waals surface area contributed by atoms with E-state index in [2.05, 4.69) is 0 Å². The van der Waals surface area contributed by atoms with Gasteiger partial charge in [0.1, 0.15) is 0 Å². The van der Waals surface area contributed by atoms with Crippen LogP contribution in [0.4, 0.5) is 0 Å². The normalized spacial score (nSPS) is 0. The Bertz CT molecular complexity index is 10.4. The number of rotatable bonds is 0. The Labute approximate surface area is 111 Å². The number of hydrogen-bond acceptors (Lipinski definition) is 2. The third kappa shape index (κ3) is 72.6. The molecule has 8 heteroatoms. The molecule has 0 fully saturated rings. The van der Waals surface area contributed by atoms with Crippen LogP contribution < -0.4 is 37.1 Å². The van der Waals surface area contributed by atoms with Crippen LogP contribution in [-0.4, -0.2) is 37.7 Å². The molecule has 8 heavy (non-hydrogen) atoms. The largest absolute Gasteiger partial charge is 2.00 e. The van der Waals surface area contributed by atoms with Gasteiger partial charge in [-0.05, 0) is 0 Å². The zero-order valence-corrected chi connectivity index (χ0v) is 10.3. The molecule has 6 N–H and O–H groups in total. The van der Waals surface area contributed by atoms with E-state index >= 15 is 0 Å². The monoisotopic (exact) mass is 252 g/mol. The van der Waals surface area contributed by atoms with Gasteiger partial charge < -0.3 is 37.1 Å². The summed E-state index contributed by atoms with van der Waals surface area (Å²) >= 11 is 0. The van der Waals surface area contributed by atoms with E-state index in [0.29, 0.717) is 0 Å². The second-order valence-corrected chi connectivity index (χ2v) is 0. The number of hydrogen-bond donors (Lipinski definition) is 2. The molecule has 0 amide bonds. The van der Waals surface area contributed by atoms with E-state index in [9.17, 15) is 0 Å². The Hall–Kier alpha value is 2.63. The van der Waals surface area contributed by atoms with E-state index in [1.54, 1.807) is 0 Å². The molecule has 56 valence electrons. The Morgan fingerprint density at radius 3 is 0.500 bits per heavy atom. The van der Waals surface area contributed by atoms with Gasteiger partial charge in [0, 0.05) is 0 Å². The number of halogens is 5. The fourth-order valence-electron chi connectivity index (χ4n) is 0. The van der Waals surface area contributed by atoms with Crippen molar-refractivity contribution < 1.29 is 24.8 Å². The minimum absolute atomic E-state index is 0. The molecule has 0 aliphatic rings. The quantitative estimate of drug-likeness (QED) is 0.426. The van der Waals surface area contributed by atoms with Crippen molar-refractivity contribution in [2.45, 2.75) is 0 Å². The van der Waals surface area contributed by atoms with Gasteiger partial charge in [-0.1, -0.05) is 0 Å². The van der Waals surface area contributed by atoms with Gasteiger partial charge in [-0.3, -0.25) is 0 Å². The van der Waals surface area contributed by atoms with Crippen molar-refractivity contribution in [1.29, 1.82) is 0 Å². The van der Waals surface area contributed by atoms with Gasteiger partial charge in [0.2, 0.25) is 0 Å².